The first-order valence-corrected chi connectivity index (χ1v) is 4.34. The predicted octanol–water partition coefficient (Wildman–Crippen LogP) is 1.89. The Balaban J connectivity index is 2.75. The summed E-state index contributed by atoms with van der Waals surface area (Å²) in [6.45, 7) is 0.619. The van der Waals surface area contributed by atoms with E-state index in [1.807, 2.05) is 12.1 Å². The lowest BCUT2D eigenvalue weighted by molar-refractivity contribution is 0.338. The molecule has 0 saturated heterocycles. The normalized spacial score (nSPS) is 9.80. The first-order chi connectivity index (χ1) is 4.83. The van der Waals surface area contributed by atoms with Crippen LogP contribution in [0, 0.1) is 3.57 Å². The van der Waals surface area contributed by atoms with Crippen LogP contribution in [0.3, 0.4) is 0 Å². The highest BCUT2D eigenvalue weighted by molar-refractivity contribution is 14.1. The summed E-state index contributed by atoms with van der Waals surface area (Å²) < 4.78 is 6.02. The Morgan fingerprint density at radius 2 is 2.30 bits per heavy atom. The molecular formula is C7H6IOSi. The topological polar surface area (TPSA) is 9.23 Å². The van der Waals surface area contributed by atoms with Crippen molar-refractivity contribution in [2.45, 2.75) is 6.61 Å². The van der Waals surface area contributed by atoms with E-state index in [1.165, 1.54) is 9.13 Å². The van der Waals surface area contributed by atoms with Gasteiger partial charge in [0.2, 0.25) is 10.5 Å². The van der Waals surface area contributed by atoms with Crippen molar-refractivity contribution >= 4 is 33.1 Å². The Morgan fingerprint density at radius 3 is 2.90 bits per heavy atom. The van der Waals surface area contributed by atoms with E-state index in [9.17, 15) is 0 Å². The molecule has 1 nitrogen and oxygen atoms in total. The maximum Gasteiger partial charge on any atom is 0.246 e. The van der Waals surface area contributed by atoms with Gasteiger partial charge in [-0.2, -0.15) is 0 Å². The molecule has 0 aliphatic rings. The number of hydrogen-bond acceptors (Lipinski definition) is 1. The van der Waals surface area contributed by atoms with Gasteiger partial charge in [-0.3, -0.25) is 0 Å². The van der Waals surface area contributed by atoms with Crippen LogP contribution in [-0.4, -0.2) is 10.5 Å². The smallest absolute Gasteiger partial charge is 0.246 e. The van der Waals surface area contributed by atoms with Crippen LogP contribution in [0.1, 0.15) is 5.56 Å². The molecule has 0 aliphatic carbocycles. The third kappa shape index (κ3) is 2.40. The lowest BCUT2D eigenvalue weighted by Gasteiger charge is -1.98. The van der Waals surface area contributed by atoms with Gasteiger partial charge in [0.05, 0.1) is 6.61 Å². The van der Waals surface area contributed by atoms with E-state index in [-0.39, 0.29) is 0 Å². The van der Waals surface area contributed by atoms with E-state index in [2.05, 4.69) is 45.2 Å². The van der Waals surface area contributed by atoms with Gasteiger partial charge < -0.3 is 4.43 Å². The Bertz CT molecular complexity index is 215. The number of halogens is 1. The molecule has 3 heteroatoms. The van der Waals surface area contributed by atoms with Crippen molar-refractivity contribution in [3.8, 4) is 0 Å². The van der Waals surface area contributed by atoms with Crippen molar-refractivity contribution in [1.29, 1.82) is 0 Å². The Kier molecular flexibility index (Phi) is 3.37. The minimum atomic E-state index is 0.619. The minimum absolute atomic E-state index is 0.619. The average Bonchev–Trinajstić information content (AvgIpc) is 1.88. The van der Waals surface area contributed by atoms with Crippen LogP contribution in [0.5, 0.6) is 0 Å². The van der Waals surface area contributed by atoms with Crippen molar-refractivity contribution in [3.05, 3.63) is 33.4 Å². The fourth-order valence-corrected chi connectivity index (χ4v) is 1.48. The zero-order valence-corrected chi connectivity index (χ0v) is 8.46. The van der Waals surface area contributed by atoms with Crippen molar-refractivity contribution in [2.75, 3.05) is 0 Å². The van der Waals surface area contributed by atoms with Crippen LogP contribution in [0.25, 0.3) is 0 Å². The summed E-state index contributed by atoms with van der Waals surface area (Å²) in [4.78, 5) is 0. The number of benzene rings is 1. The summed E-state index contributed by atoms with van der Waals surface area (Å²) in [5.74, 6) is 0. The first kappa shape index (κ1) is 8.23. The highest BCUT2D eigenvalue weighted by Gasteiger charge is 1.90. The lowest BCUT2D eigenvalue weighted by Crippen LogP contribution is -1.87. The summed E-state index contributed by atoms with van der Waals surface area (Å²) in [5, 5.41) is 0. The van der Waals surface area contributed by atoms with Gasteiger partial charge in [-0.05, 0) is 40.3 Å². The van der Waals surface area contributed by atoms with Gasteiger partial charge >= 0.3 is 0 Å². The summed E-state index contributed by atoms with van der Waals surface area (Å²) >= 11 is 2.27. The van der Waals surface area contributed by atoms with Crippen molar-refractivity contribution < 1.29 is 4.43 Å². The second-order valence-electron chi connectivity index (χ2n) is 1.92. The van der Waals surface area contributed by atoms with Gasteiger partial charge in [0.15, 0.2) is 0 Å². The Labute approximate surface area is 77.5 Å². The lowest BCUT2D eigenvalue weighted by atomic mass is 10.2. The van der Waals surface area contributed by atoms with Crippen LogP contribution in [0.4, 0.5) is 0 Å². The van der Waals surface area contributed by atoms with E-state index < -0.39 is 0 Å². The molecule has 0 aliphatic heterocycles. The largest absolute Gasteiger partial charge is 0.414 e. The standard InChI is InChI=1S/C7H6IOSi/c8-7-3-1-2-6(4-7)5-9-10/h1-4H,5H2. The van der Waals surface area contributed by atoms with Crippen LogP contribution < -0.4 is 0 Å². The Hall–Kier alpha value is 0.127. The monoisotopic (exact) mass is 261 g/mol. The molecule has 0 saturated carbocycles. The molecule has 0 bridgehead atoms. The summed E-state index contributed by atoms with van der Waals surface area (Å²) in [5.41, 5.74) is 1.18. The second-order valence-corrected chi connectivity index (χ2v) is 3.45. The van der Waals surface area contributed by atoms with Crippen molar-refractivity contribution in [2.24, 2.45) is 0 Å². The molecule has 0 N–H and O–H groups in total. The molecule has 10 heavy (non-hydrogen) atoms. The maximum absolute atomic E-state index is 4.79. The fourth-order valence-electron chi connectivity index (χ4n) is 0.710. The van der Waals surface area contributed by atoms with Gasteiger partial charge in [-0.15, -0.1) is 0 Å². The third-order valence-corrected chi connectivity index (χ3v) is 1.94. The van der Waals surface area contributed by atoms with E-state index >= 15 is 0 Å². The van der Waals surface area contributed by atoms with E-state index in [1.54, 1.807) is 0 Å². The van der Waals surface area contributed by atoms with Crippen LogP contribution in [0.15, 0.2) is 24.3 Å². The SMILES string of the molecule is [Si]OCc1cccc(I)c1. The second kappa shape index (κ2) is 4.10. The third-order valence-electron chi connectivity index (χ3n) is 1.13. The molecule has 51 valence electrons. The van der Waals surface area contributed by atoms with Gasteiger partial charge in [-0.1, -0.05) is 12.1 Å². The van der Waals surface area contributed by atoms with Gasteiger partial charge in [0, 0.05) is 3.57 Å². The molecule has 0 aromatic heterocycles. The molecule has 0 fully saturated rings. The van der Waals surface area contributed by atoms with Crippen molar-refractivity contribution in [1.82, 2.24) is 0 Å². The molecule has 0 unspecified atom stereocenters. The highest BCUT2D eigenvalue weighted by atomic mass is 127. The van der Waals surface area contributed by atoms with Gasteiger partial charge in [0.25, 0.3) is 0 Å². The van der Waals surface area contributed by atoms with Crippen LogP contribution in [0.2, 0.25) is 0 Å². The number of hydrogen-bond donors (Lipinski definition) is 0. The molecule has 0 heterocycles. The molecule has 1 rings (SSSR count). The maximum atomic E-state index is 4.79. The van der Waals surface area contributed by atoms with E-state index in [0.29, 0.717) is 6.61 Å². The minimum Gasteiger partial charge on any atom is -0.414 e. The summed E-state index contributed by atoms with van der Waals surface area (Å²) in [6, 6.07) is 8.18. The molecular weight excluding hydrogens is 255 g/mol. The molecule has 0 atom stereocenters. The predicted molar refractivity (Wildman–Crippen MR) is 49.7 cm³/mol. The zero-order valence-electron chi connectivity index (χ0n) is 5.30. The van der Waals surface area contributed by atoms with Crippen LogP contribution in [-0.2, 0) is 11.0 Å². The van der Waals surface area contributed by atoms with E-state index in [0.717, 1.165) is 0 Å². The first-order valence-electron chi connectivity index (χ1n) is 2.86. The highest BCUT2D eigenvalue weighted by Crippen LogP contribution is 2.07. The average molecular weight is 261 g/mol. The quantitative estimate of drug-likeness (QED) is 0.583. The van der Waals surface area contributed by atoms with Gasteiger partial charge in [-0.25, -0.2) is 0 Å². The van der Waals surface area contributed by atoms with Gasteiger partial charge in [0.1, 0.15) is 0 Å². The zero-order chi connectivity index (χ0) is 7.40. The Morgan fingerprint density at radius 1 is 1.50 bits per heavy atom. The van der Waals surface area contributed by atoms with Crippen molar-refractivity contribution in [3.63, 3.8) is 0 Å². The van der Waals surface area contributed by atoms with Crippen LogP contribution >= 0.6 is 22.6 Å². The van der Waals surface area contributed by atoms with E-state index in [4.69, 9.17) is 4.43 Å². The molecule has 0 amide bonds. The molecule has 1 aromatic rings. The number of rotatable bonds is 2. The fraction of sp³-hybridized carbons (Fsp3) is 0.143. The summed E-state index contributed by atoms with van der Waals surface area (Å²) in [6.07, 6.45) is 0. The molecule has 0 spiro atoms. The summed E-state index contributed by atoms with van der Waals surface area (Å²) in [7, 11) is 2.95. The molecule has 3 radical (unpaired) electrons. The molecule has 1 aromatic carbocycles.